The predicted molar refractivity (Wildman–Crippen MR) is 165 cm³/mol. The maximum atomic E-state index is 14.6. The van der Waals surface area contributed by atoms with Crippen LogP contribution in [0.2, 0.25) is 0 Å². The molecule has 0 spiro atoms. The standard InChI is InChI=1S/C34H25Cl2N3O5/c1-19-15-16-21(18-26(19)39(43)44)37-30(40)27(17-20-9-3-2-4-10-20)38-31(41)28-29(32(38)42)34(36)23-12-6-5-11-22(23)33(28,35)24-13-7-8-14-25(24)34/h2-16,18,27-29H,17H2,1H3,(H,37,40)/t27-,28-,29+,33?,34?/m1/s1. The van der Waals surface area contributed by atoms with Crippen molar-refractivity contribution in [1.82, 2.24) is 4.90 Å². The minimum atomic E-state index is -1.39. The van der Waals surface area contributed by atoms with Gasteiger partial charge in [-0.25, -0.2) is 0 Å². The zero-order valence-electron chi connectivity index (χ0n) is 23.4. The number of hydrogen-bond acceptors (Lipinski definition) is 5. The van der Waals surface area contributed by atoms with E-state index in [0.29, 0.717) is 33.4 Å². The van der Waals surface area contributed by atoms with Crippen molar-refractivity contribution in [3.05, 3.63) is 141 Å². The Morgan fingerprint density at radius 1 is 0.841 bits per heavy atom. The summed E-state index contributed by atoms with van der Waals surface area (Å²) in [5.41, 5.74) is 3.80. The quantitative estimate of drug-likeness (QED) is 0.121. The summed E-state index contributed by atoms with van der Waals surface area (Å²) in [6.45, 7) is 1.60. The smallest absolute Gasteiger partial charge is 0.274 e. The number of aryl methyl sites for hydroxylation is 1. The molecule has 1 heterocycles. The van der Waals surface area contributed by atoms with Crippen LogP contribution in [0, 0.1) is 28.9 Å². The number of nitrogens with one attached hydrogen (secondary N) is 1. The number of alkyl halides is 2. The fraction of sp³-hybridized carbons (Fsp3) is 0.206. The highest BCUT2D eigenvalue weighted by molar-refractivity contribution is 6.36. The van der Waals surface area contributed by atoms with Gasteiger partial charge in [-0.2, -0.15) is 0 Å². The van der Waals surface area contributed by atoms with E-state index < -0.39 is 50.3 Å². The molecule has 1 N–H and O–H groups in total. The number of imide groups is 1. The van der Waals surface area contributed by atoms with Gasteiger partial charge in [0, 0.05) is 23.7 Å². The highest BCUT2D eigenvalue weighted by Crippen LogP contribution is 2.69. The van der Waals surface area contributed by atoms with Gasteiger partial charge in [0.1, 0.15) is 15.8 Å². The van der Waals surface area contributed by atoms with Gasteiger partial charge in [0.25, 0.3) is 5.69 Å². The number of benzene rings is 4. The summed E-state index contributed by atoms with van der Waals surface area (Å²) in [5.74, 6) is -3.97. The summed E-state index contributed by atoms with van der Waals surface area (Å²) < 4.78 is 0. The number of hydrogen-bond donors (Lipinski definition) is 1. The Balaban J connectivity index is 1.35. The largest absolute Gasteiger partial charge is 0.324 e. The molecule has 44 heavy (non-hydrogen) atoms. The maximum absolute atomic E-state index is 14.6. The molecule has 3 amide bonds. The molecule has 10 heteroatoms. The summed E-state index contributed by atoms with van der Waals surface area (Å²) in [6, 6.07) is 26.7. The maximum Gasteiger partial charge on any atom is 0.274 e. The van der Waals surface area contributed by atoms with Crippen LogP contribution in [-0.2, 0) is 30.6 Å². The molecular weight excluding hydrogens is 601 g/mol. The molecule has 4 aromatic carbocycles. The predicted octanol–water partition coefficient (Wildman–Crippen LogP) is 6.05. The molecule has 4 aliphatic rings. The lowest BCUT2D eigenvalue weighted by atomic mass is 9.54. The molecule has 2 bridgehead atoms. The Hall–Kier alpha value is -4.53. The molecule has 4 aromatic rings. The second-order valence-corrected chi connectivity index (χ2v) is 12.7. The lowest BCUT2D eigenvalue weighted by Gasteiger charge is -2.54. The SMILES string of the molecule is Cc1ccc(NC(=O)[C@@H](Cc2ccccc2)N2C(=O)[C@@H]3[C@H](C2=O)C2(Cl)c4ccccc4C3(Cl)c3ccccc32)cc1[N+](=O)[O-]. The van der Waals surface area contributed by atoms with E-state index in [1.54, 1.807) is 37.3 Å². The first-order valence-corrected chi connectivity index (χ1v) is 14.9. The van der Waals surface area contributed by atoms with Crippen molar-refractivity contribution in [2.75, 3.05) is 5.32 Å². The van der Waals surface area contributed by atoms with E-state index in [9.17, 15) is 24.5 Å². The van der Waals surface area contributed by atoms with Crippen LogP contribution in [0.25, 0.3) is 0 Å². The van der Waals surface area contributed by atoms with Gasteiger partial charge in [-0.15, -0.1) is 23.2 Å². The van der Waals surface area contributed by atoms with E-state index in [0.717, 1.165) is 4.90 Å². The lowest BCUT2D eigenvalue weighted by molar-refractivity contribution is -0.385. The van der Waals surface area contributed by atoms with Crippen molar-refractivity contribution in [3.63, 3.8) is 0 Å². The molecule has 8 rings (SSSR count). The average Bonchev–Trinajstić information content (AvgIpc) is 3.30. The molecule has 3 atom stereocenters. The highest BCUT2D eigenvalue weighted by atomic mass is 35.5. The van der Waals surface area contributed by atoms with Crippen LogP contribution < -0.4 is 5.32 Å². The third-order valence-corrected chi connectivity index (χ3v) is 10.5. The number of rotatable bonds is 6. The Labute approximate surface area is 262 Å². The molecule has 0 unspecified atom stereocenters. The van der Waals surface area contributed by atoms with Crippen LogP contribution in [0.1, 0.15) is 33.4 Å². The zero-order valence-corrected chi connectivity index (χ0v) is 24.9. The molecule has 3 aliphatic carbocycles. The van der Waals surface area contributed by atoms with E-state index in [-0.39, 0.29) is 17.8 Å². The van der Waals surface area contributed by atoms with Crippen LogP contribution in [0.4, 0.5) is 11.4 Å². The number of amides is 3. The van der Waals surface area contributed by atoms with E-state index in [2.05, 4.69) is 5.32 Å². The first-order valence-electron chi connectivity index (χ1n) is 14.1. The molecule has 1 aliphatic heterocycles. The second kappa shape index (κ2) is 10.0. The molecular formula is C34H25Cl2N3O5. The Kier molecular flexibility index (Phi) is 6.43. The number of carbonyl (C=O) groups is 3. The van der Waals surface area contributed by atoms with Crippen molar-refractivity contribution in [3.8, 4) is 0 Å². The van der Waals surface area contributed by atoms with E-state index >= 15 is 0 Å². The van der Waals surface area contributed by atoms with Gasteiger partial charge in [0.05, 0.1) is 16.8 Å². The fourth-order valence-electron chi connectivity index (χ4n) is 7.24. The van der Waals surface area contributed by atoms with Crippen molar-refractivity contribution >= 4 is 52.3 Å². The molecule has 0 aromatic heterocycles. The average molecular weight is 626 g/mol. The summed E-state index contributed by atoms with van der Waals surface area (Å²) >= 11 is 15.1. The van der Waals surface area contributed by atoms with Crippen molar-refractivity contribution in [2.45, 2.75) is 29.1 Å². The molecule has 1 fully saturated rings. The van der Waals surface area contributed by atoms with Crippen molar-refractivity contribution < 1.29 is 19.3 Å². The minimum Gasteiger partial charge on any atom is -0.324 e. The van der Waals surface area contributed by atoms with E-state index in [1.807, 2.05) is 54.6 Å². The van der Waals surface area contributed by atoms with Gasteiger partial charge in [-0.1, -0.05) is 84.9 Å². The summed E-state index contributed by atoms with van der Waals surface area (Å²) in [4.78, 5) is 52.5. The summed E-state index contributed by atoms with van der Waals surface area (Å²) in [6.07, 6.45) is 0.0159. The number of halogens is 2. The van der Waals surface area contributed by atoms with Gasteiger partial charge in [-0.05, 0) is 40.8 Å². The highest BCUT2D eigenvalue weighted by Gasteiger charge is 2.73. The Morgan fingerprint density at radius 3 is 1.80 bits per heavy atom. The molecule has 1 saturated heterocycles. The fourth-order valence-corrected chi connectivity index (χ4v) is 8.34. The number of nitrogens with zero attached hydrogens (tertiary/aromatic N) is 2. The molecule has 0 radical (unpaired) electrons. The number of nitro groups is 1. The first kappa shape index (κ1) is 28.3. The molecule has 8 nitrogen and oxygen atoms in total. The number of anilines is 1. The topological polar surface area (TPSA) is 110 Å². The summed E-state index contributed by atoms with van der Waals surface area (Å²) in [7, 11) is 0. The van der Waals surface area contributed by atoms with E-state index in [1.165, 1.54) is 12.1 Å². The van der Waals surface area contributed by atoms with E-state index in [4.69, 9.17) is 23.2 Å². The van der Waals surface area contributed by atoms with Crippen LogP contribution in [0.5, 0.6) is 0 Å². The molecule has 0 saturated carbocycles. The van der Waals surface area contributed by atoms with Gasteiger partial charge in [-0.3, -0.25) is 29.4 Å². The molecule has 220 valence electrons. The van der Waals surface area contributed by atoms with Crippen LogP contribution in [-0.4, -0.2) is 33.6 Å². The Bertz CT molecular complexity index is 1770. The number of carbonyl (C=O) groups excluding carboxylic acids is 3. The van der Waals surface area contributed by atoms with Gasteiger partial charge in [0.2, 0.25) is 17.7 Å². The van der Waals surface area contributed by atoms with Crippen LogP contribution in [0.3, 0.4) is 0 Å². The third kappa shape index (κ3) is 3.80. The van der Waals surface area contributed by atoms with Crippen molar-refractivity contribution in [1.29, 1.82) is 0 Å². The van der Waals surface area contributed by atoms with Gasteiger partial charge in [0.15, 0.2) is 0 Å². The number of likely N-dealkylation sites (tertiary alicyclic amines) is 1. The normalized spacial score (nSPS) is 25.2. The summed E-state index contributed by atoms with van der Waals surface area (Å²) in [5, 5.41) is 14.3. The Morgan fingerprint density at radius 2 is 1.32 bits per heavy atom. The van der Waals surface area contributed by atoms with Gasteiger partial charge < -0.3 is 5.32 Å². The first-order chi connectivity index (χ1) is 21.1. The van der Waals surface area contributed by atoms with Crippen LogP contribution >= 0.6 is 23.2 Å². The van der Waals surface area contributed by atoms with Crippen molar-refractivity contribution in [2.24, 2.45) is 11.8 Å². The van der Waals surface area contributed by atoms with Gasteiger partial charge >= 0.3 is 0 Å². The monoisotopic (exact) mass is 625 g/mol. The second-order valence-electron chi connectivity index (χ2n) is 11.5. The third-order valence-electron chi connectivity index (χ3n) is 9.18. The minimum absolute atomic E-state index is 0.0159. The van der Waals surface area contributed by atoms with Crippen LogP contribution in [0.15, 0.2) is 97.1 Å². The lowest BCUT2D eigenvalue weighted by Crippen LogP contribution is -2.57. The zero-order chi connectivity index (χ0) is 31.0. The number of nitro benzene ring substituents is 1.